The van der Waals surface area contributed by atoms with Crippen LogP contribution in [0.5, 0.6) is 0 Å². The lowest BCUT2D eigenvalue weighted by molar-refractivity contribution is -0.146. The van der Waals surface area contributed by atoms with Gasteiger partial charge in [-0.15, -0.1) is 11.3 Å². The van der Waals surface area contributed by atoms with Crippen molar-refractivity contribution in [1.82, 2.24) is 5.32 Å². The number of nitrogens with one attached hydrogen (secondary N) is 1. The van der Waals surface area contributed by atoms with E-state index in [0.29, 0.717) is 22.0 Å². The van der Waals surface area contributed by atoms with Gasteiger partial charge in [0.25, 0.3) is 0 Å². The maximum absolute atomic E-state index is 12.4. The summed E-state index contributed by atoms with van der Waals surface area (Å²) < 4.78 is 5.15. The quantitative estimate of drug-likeness (QED) is 0.491. The highest BCUT2D eigenvalue weighted by atomic mass is 35.5. The van der Waals surface area contributed by atoms with E-state index in [9.17, 15) is 19.2 Å². The van der Waals surface area contributed by atoms with Crippen molar-refractivity contribution in [3.05, 3.63) is 56.7 Å². The van der Waals surface area contributed by atoms with E-state index in [1.165, 1.54) is 25.2 Å². The highest BCUT2D eigenvalue weighted by Crippen LogP contribution is 2.19. The van der Waals surface area contributed by atoms with Gasteiger partial charge in [-0.25, -0.2) is 0 Å². The van der Waals surface area contributed by atoms with Crippen LogP contribution in [0.3, 0.4) is 0 Å². The lowest BCUT2D eigenvalue weighted by Gasteiger charge is -2.11. The fraction of sp³-hybridized carbons (Fsp3) is 0.300. The zero-order valence-electron chi connectivity index (χ0n) is 15.5. The number of rotatable bonds is 9. The van der Waals surface area contributed by atoms with Gasteiger partial charge in [-0.2, -0.15) is 0 Å². The number of ether oxygens (including phenoxy) is 1. The molecule has 1 amide bonds. The standard InChI is InChI=1S/C20H20ClNO5S/c1-12(20(26)18-9-7-16(28-18)11-22-13(2)23)27-19(25)10-8-17(24)14-3-5-15(21)6-4-14/h3-7,9,12H,8,10-11H2,1-2H3,(H,22,23). The summed E-state index contributed by atoms with van der Waals surface area (Å²) in [6.07, 6.45) is -1.08. The Labute approximate surface area is 171 Å². The van der Waals surface area contributed by atoms with Crippen LogP contribution in [0.15, 0.2) is 36.4 Å². The molecule has 28 heavy (non-hydrogen) atoms. The minimum atomic E-state index is -0.953. The number of hydrogen-bond donors (Lipinski definition) is 1. The van der Waals surface area contributed by atoms with Gasteiger partial charge in [0.1, 0.15) is 0 Å². The van der Waals surface area contributed by atoms with E-state index >= 15 is 0 Å². The van der Waals surface area contributed by atoms with Crippen LogP contribution in [-0.4, -0.2) is 29.5 Å². The van der Waals surface area contributed by atoms with E-state index < -0.39 is 12.1 Å². The molecule has 0 radical (unpaired) electrons. The third-order valence-corrected chi connectivity index (χ3v) is 5.17. The highest BCUT2D eigenvalue weighted by molar-refractivity contribution is 7.14. The average molecular weight is 422 g/mol. The molecule has 0 aliphatic rings. The molecule has 0 aliphatic heterocycles. The molecule has 1 N–H and O–H groups in total. The Hall–Kier alpha value is -2.51. The first-order valence-corrected chi connectivity index (χ1v) is 9.81. The summed E-state index contributed by atoms with van der Waals surface area (Å²) in [6, 6.07) is 9.78. The van der Waals surface area contributed by atoms with Gasteiger partial charge in [0.2, 0.25) is 11.7 Å². The number of esters is 1. The Balaban J connectivity index is 1.82. The average Bonchev–Trinajstić information content (AvgIpc) is 3.13. The molecule has 8 heteroatoms. The van der Waals surface area contributed by atoms with Crippen LogP contribution >= 0.6 is 22.9 Å². The van der Waals surface area contributed by atoms with Gasteiger partial charge in [-0.3, -0.25) is 19.2 Å². The molecule has 0 saturated heterocycles. The van der Waals surface area contributed by atoms with Gasteiger partial charge in [0.15, 0.2) is 11.9 Å². The third kappa shape index (κ3) is 6.58. The molecule has 2 rings (SSSR count). The molecule has 148 valence electrons. The van der Waals surface area contributed by atoms with E-state index in [1.807, 2.05) is 0 Å². The van der Waals surface area contributed by atoms with Crippen molar-refractivity contribution in [2.75, 3.05) is 0 Å². The number of Topliss-reactive ketones (excluding diaryl/α,β-unsaturated/α-hetero) is 2. The van der Waals surface area contributed by atoms with E-state index in [-0.39, 0.29) is 30.3 Å². The first kappa shape index (κ1) is 21.8. The first-order chi connectivity index (χ1) is 13.3. The molecule has 0 saturated carbocycles. The molecule has 1 aromatic heterocycles. The maximum atomic E-state index is 12.4. The number of ketones is 2. The third-order valence-electron chi connectivity index (χ3n) is 3.82. The summed E-state index contributed by atoms with van der Waals surface area (Å²) in [5.74, 6) is -1.29. The van der Waals surface area contributed by atoms with Crippen LogP contribution in [0, 0.1) is 0 Å². The smallest absolute Gasteiger partial charge is 0.306 e. The second-order valence-corrected chi connectivity index (χ2v) is 7.71. The van der Waals surface area contributed by atoms with Crippen LogP contribution in [-0.2, 0) is 20.9 Å². The summed E-state index contributed by atoms with van der Waals surface area (Å²) in [6.45, 7) is 3.25. The van der Waals surface area contributed by atoms with Crippen molar-refractivity contribution in [2.45, 2.75) is 39.3 Å². The highest BCUT2D eigenvalue weighted by Gasteiger charge is 2.21. The van der Waals surface area contributed by atoms with E-state index in [4.69, 9.17) is 16.3 Å². The number of carbonyl (C=O) groups excluding carboxylic acids is 4. The fourth-order valence-corrected chi connectivity index (χ4v) is 3.41. The molecule has 1 atom stereocenters. The number of hydrogen-bond acceptors (Lipinski definition) is 6. The van der Waals surface area contributed by atoms with Gasteiger partial charge >= 0.3 is 5.97 Å². The van der Waals surface area contributed by atoms with E-state index in [0.717, 1.165) is 4.88 Å². The van der Waals surface area contributed by atoms with Gasteiger partial charge < -0.3 is 10.1 Å². The second kappa shape index (κ2) is 10.1. The Kier molecular flexibility index (Phi) is 7.90. The molecule has 6 nitrogen and oxygen atoms in total. The molecular weight excluding hydrogens is 402 g/mol. The van der Waals surface area contributed by atoms with Gasteiger partial charge in [0.05, 0.1) is 17.8 Å². The number of thiophene rings is 1. The van der Waals surface area contributed by atoms with Crippen molar-refractivity contribution in [3.8, 4) is 0 Å². The van der Waals surface area contributed by atoms with Gasteiger partial charge in [0, 0.05) is 28.8 Å². The summed E-state index contributed by atoms with van der Waals surface area (Å²) in [7, 11) is 0. The van der Waals surface area contributed by atoms with Crippen molar-refractivity contribution in [1.29, 1.82) is 0 Å². The van der Waals surface area contributed by atoms with Crippen molar-refractivity contribution in [3.63, 3.8) is 0 Å². The van der Waals surface area contributed by atoms with Crippen LogP contribution in [0.1, 0.15) is 51.6 Å². The predicted molar refractivity (Wildman–Crippen MR) is 107 cm³/mol. The van der Waals surface area contributed by atoms with Crippen LogP contribution in [0.25, 0.3) is 0 Å². The molecule has 1 aromatic carbocycles. The van der Waals surface area contributed by atoms with E-state index in [2.05, 4.69) is 5.32 Å². The summed E-state index contributed by atoms with van der Waals surface area (Å²) in [5.41, 5.74) is 0.464. The Morgan fingerprint density at radius 2 is 1.75 bits per heavy atom. The monoisotopic (exact) mass is 421 g/mol. The Morgan fingerprint density at radius 1 is 1.07 bits per heavy atom. The molecule has 1 heterocycles. The normalized spacial score (nSPS) is 11.5. The summed E-state index contributed by atoms with van der Waals surface area (Å²) in [5, 5.41) is 3.18. The minimum Gasteiger partial charge on any atom is -0.454 e. The Bertz CT molecular complexity index is 875. The summed E-state index contributed by atoms with van der Waals surface area (Å²) in [4.78, 5) is 48.6. The lowest BCUT2D eigenvalue weighted by atomic mass is 10.1. The van der Waals surface area contributed by atoms with Crippen LogP contribution < -0.4 is 5.32 Å². The Morgan fingerprint density at radius 3 is 2.39 bits per heavy atom. The molecule has 0 bridgehead atoms. The number of benzene rings is 1. The molecule has 0 fully saturated rings. The molecule has 0 aliphatic carbocycles. The topological polar surface area (TPSA) is 89.5 Å². The molecule has 2 aromatic rings. The zero-order chi connectivity index (χ0) is 20.7. The maximum Gasteiger partial charge on any atom is 0.306 e. The second-order valence-electron chi connectivity index (χ2n) is 6.10. The first-order valence-electron chi connectivity index (χ1n) is 8.62. The molecular formula is C20H20ClNO5S. The number of amides is 1. The van der Waals surface area contributed by atoms with Crippen LogP contribution in [0.2, 0.25) is 5.02 Å². The van der Waals surface area contributed by atoms with Crippen LogP contribution in [0.4, 0.5) is 0 Å². The van der Waals surface area contributed by atoms with Crippen molar-refractivity contribution in [2.24, 2.45) is 0 Å². The minimum absolute atomic E-state index is 0.0127. The van der Waals surface area contributed by atoms with Crippen molar-refractivity contribution < 1.29 is 23.9 Å². The largest absolute Gasteiger partial charge is 0.454 e. The number of carbonyl (C=O) groups is 4. The zero-order valence-corrected chi connectivity index (χ0v) is 17.1. The summed E-state index contributed by atoms with van der Waals surface area (Å²) >= 11 is 7.01. The SMILES string of the molecule is CC(=O)NCc1ccc(C(=O)C(C)OC(=O)CCC(=O)c2ccc(Cl)cc2)s1. The lowest BCUT2D eigenvalue weighted by Crippen LogP contribution is -2.24. The predicted octanol–water partition coefficient (Wildman–Crippen LogP) is 3.82. The van der Waals surface area contributed by atoms with Crippen molar-refractivity contribution >= 4 is 46.4 Å². The number of halogens is 1. The van der Waals surface area contributed by atoms with Gasteiger partial charge in [-0.1, -0.05) is 11.6 Å². The molecule has 0 spiro atoms. The van der Waals surface area contributed by atoms with Gasteiger partial charge in [-0.05, 0) is 43.3 Å². The molecule has 1 unspecified atom stereocenters. The fourth-order valence-electron chi connectivity index (χ4n) is 2.32. The van der Waals surface area contributed by atoms with E-state index in [1.54, 1.807) is 36.4 Å².